The number of nitrogens with zero attached hydrogens (tertiary/aromatic N) is 1. The van der Waals surface area contributed by atoms with E-state index in [1.165, 1.54) is 10.4 Å². The predicted octanol–water partition coefficient (Wildman–Crippen LogP) is 3.07. The Labute approximate surface area is 140 Å². The van der Waals surface area contributed by atoms with Crippen molar-refractivity contribution in [1.82, 2.24) is 10.3 Å². The topological polar surface area (TPSA) is 51.2 Å². The Morgan fingerprint density at radius 1 is 1.43 bits per heavy atom. The molecule has 0 aliphatic carbocycles. The first-order valence-electron chi connectivity index (χ1n) is 8.16. The van der Waals surface area contributed by atoms with Gasteiger partial charge < -0.3 is 10.1 Å². The summed E-state index contributed by atoms with van der Waals surface area (Å²) in [5.41, 5.74) is 2.45. The van der Waals surface area contributed by atoms with E-state index in [0.29, 0.717) is 19.6 Å². The van der Waals surface area contributed by atoms with Crippen molar-refractivity contribution in [2.45, 2.75) is 38.7 Å². The Balaban J connectivity index is 1.48. The molecule has 23 heavy (non-hydrogen) atoms. The molecule has 1 atom stereocenters. The van der Waals surface area contributed by atoms with Crippen molar-refractivity contribution in [2.24, 2.45) is 0 Å². The van der Waals surface area contributed by atoms with Gasteiger partial charge in [0.15, 0.2) is 0 Å². The number of aromatic nitrogens is 1. The van der Waals surface area contributed by atoms with Crippen LogP contribution in [0.2, 0.25) is 0 Å². The van der Waals surface area contributed by atoms with Gasteiger partial charge >= 0.3 is 0 Å². The van der Waals surface area contributed by atoms with Gasteiger partial charge in [-0.25, -0.2) is 4.98 Å². The summed E-state index contributed by atoms with van der Waals surface area (Å²) >= 11 is 1.72. The maximum absolute atomic E-state index is 12.2. The van der Waals surface area contributed by atoms with E-state index < -0.39 is 0 Å². The van der Waals surface area contributed by atoms with Crippen LogP contribution in [0.25, 0.3) is 0 Å². The maximum atomic E-state index is 12.2. The highest BCUT2D eigenvalue weighted by atomic mass is 32.1. The first-order chi connectivity index (χ1) is 11.3. The molecule has 0 spiro atoms. The molecule has 5 heteroatoms. The SMILES string of the molecule is CCc1cnc(CCNC(=O)C[C@H]2OCCc3ccccc32)s1. The van der Waals surface area contributed by atoms with Gasteiger partial charge in [0.25, 0.3) is 0 Å². The molecule has 1 aliphatic rings. The van der Waals surface area contributed by atoms with Crippen LogP contribution in [0.15, 0.2) is 30.5 Å². The summed E-state index contributed by atoms with van der Waals surface area (Å²) in [6, 6.07) is 8.23. The van der Waals surface area contributed by atoms with Gasteiger partial charge in [-0.2, -0.15) is 0 Å². The van der Waals surface area contributed by atoms with Gasteiger partial charge in [0.05, 0.1) is 24.1 Å². The summed E-state index contributed by atoms with van der Waals surface area (Å²) < 4.78 is 5.79. The second-order valence-electron chi connectivity index (χ2n) is 5.69. The van der Waals surface area contributed by atoms with Gasteiger partial charge in [0, 0.05) is 24.0 Å². The summed E-state index contributed by atoms with van der Waals surface area (Å²) in [6.45, 7) is 3.44. The van der Waals surface area contributed by atoms with Crippen LogP contribution in [0.5, 0.6) is 0 Å². The maximum Gasteiger partial charge on any atom is 0.222 e. The zero-order chi connectivity index (χ0) is 16.1. The minimum atomic E-state index is -0.119. The number of carbonyl (C=O) groups excluding carboxylic acids is 1. The molecular weight excluding hydrogens is 308 g/mol. The number of hydrogen-bond acceptors (Lipinski definition) is 4. The molecule has 2 aromatic rings. The van der Waals surface area contributed by atoms with Crippen molar-refractivity contribution in [3.63, 3.8) is 0 Å². The Hall–Kier alpha value is -1.72. The van der Waals surface area contributed by atoms with Gasteiger partial charge in [-0.05, 0) is 24.0 Å². The molecule has 2 heterocycles. The van der Waals surface area contributed by atoms with Crippen molar-refractivity contribution in [1.29, 1.82) is 0 Å². The van der Waals surface area contributed by atoms with Crippen molar-refractivity contribution < 1.29 is 9.53 Å². The molecule has 0 radical (unpaired) electrons. The quantitative estimate of drug-likeness (QED) is 0.885. The third-order valence-corrected chi connectivity index (χ3v) is 5.28. The van der Waals surface area contributed by atoms with Gasteiger partial charge in [-0.15, -0.1) is 11.3 Å². The molecular formula is C18H22N2O2S. The van der Waals surface area contributed by atoms with E-state index in [1.54, 1.807) is 11.3 Å². The fourth-order valence-corrected chi connectivity index (χ4v) is 3.68. The van der Waals surface area contributed by atoms with Gasteiger partial charge in [-0.1, -0.05) is 31.2 Å². The molecule has 0 bridgehead atoms. The molecule has 1 aliphatic heterocycles. The average Bonchev–Trinajstić information content (AvgIpc) is 3.03. The molecule has 0 saturated carbocycles. The lowest BCUT2D eigenvalue weighted by Crippen LogP contribution is -2.29. The molecule has 1 N–H and O–H groups in total. The van der Waals surface area contributed by atoms with Crippen LogP contribution >= 0.6 is 11.3 Å². The fraction of sp³-hybridized carbons (Fsp3) is 0.444. The predicted molar refractivity (Wildman–Crippen MR) is 91.7 cm³/mol. The lowest BCUT2D eigenvalue weighted by atomic mass is 9.95. The normalized spacial score (nSPS) is 16.8. The van der Waals surface area contributed by atoms with E-state index >= 15 is 0 Å². The second kappa shape index (κ2) is 7.70. The number of aryl methyl sites for hydroxylation is 1. The first kappa shape index (κ1) is 16.1. The lowest BCUT2D eigenvalue weighted by Gasteiger charge is -2.25. The van der Waals surface area contributed by atoms with Crippen LogP contribution in [0.3, 0.4) is 0 Å². The van der Waals surface area contributed by atoms with Crippen molar-refractivity contribution in [2.75, 3.05) is 13.2 Å². The minimum absolute atomic E-state index is 0.0407. The molecule has 0 saturated heterocycles. The van der Waals surface area contributed by atoms with Crippen LogP contribution in [-0.2, 0) is 28.8 Å². The van der Waals surface area contributed by atoms with E-state index in [9.17, 15) is 4.79 Å². The Kier molecular flexibility index (Phi) is 5.41. The van der Waals surface area contributed by atoms with E-state index in [4.69, 9.17) is 4.74 Å². The Morgan fingerprint density at radius 2 is 2.30 bits per heavy atom. The third kappa shape index (κ3) is 4.18. The molecule has 0 fully saturated rings. The Morgan fingerprint density at radius 3 is 3.13 bits per heavy atom. The third-order valence-electron chi connectivity index (χ3n) is 4.07. The van der Waals surface area contributed by atoms with Gasteiger partial charge in [-0.3, -0.25) is 4.79 Å². The zero-order valence-corrected chi connectivity index (χ0v) is 14.2. The smallest absolute Gasteiger partial charge is 0.222 e. The number of amides is 1. The number of carbonyl (C=O) groups is 1. The number of ether oxygens (including phenoxy) is 1. The second-order valence-corrected chi connectivity index (χ2v) is 6.89. The summed E-state index contributed by atoms with van der Waals surface area (Å²) in [4.78, 5) is 17.8. The first-order valence-corrected chi connectivity index (χ1v) is 8.97. The van der Waals surface area contributed by atoms with Gasteiger partial charge in [0.1, 0.15) is 0 Å². The molecule has 1 amide bonds. The number of hydrogen-bond donors (Lipinski definition) is 1. The molecule has 3 rings (SSSR count). The monoisotopic (exact) mass is 330 g/mol. The molecule has 0 unspecified atom stereocenters. The largest absolute Gasteiger partial charge is 0.373 e. The van der Waals surface area contributed by atoms with Gasteiger partial charge in [0.2, 0.25) is 5.91 Å². The fourth-order valence-electron chi connectivity index (χ4n) is 2.82. The van der Waals surface area contributed by atoms with Crippen LogP contribution < -0.4 is 5.32 Å². The molecule has 4 nitrogen and oxygen atoms in total. The number of fused-ring (bicyclic) bond motifs is 1. The van der Waals surface area contributed by atoms with E-state index in [-0.39, 0.29) is 12.0 Å². The van der Waals surface area contributed by atoms with E-state index in [1.807, 2.05) is 18.3 Å². The summed E-state index contributed by atoms with van der Waals surface area (Å²) in [6.07, 6.45) is 4.93. The zero-order valence-electron chi connectivity index (χ0n) is 13.4. The van der Waals surface area contributed by atoms with Crippen LogP contribution in [0, 0.1) is 0 Å². The van der Waals surface area contributed by atoms with Crippen LogP contribution in [0.4, 0.5) is 0 Å². The van der Waals surface area contributed by atoms with Crippen LogP contribution in [-0.4, -0.2) is 24.0 Å². The van der Waals surface area contributed by atoms with Crippen molar-refractivity contribution >= 4 is 17.2 Å². The molecule has 122 valence electrons. The number of rotatable bonds is 6. The van der Waals surface area contributed by atoms with Crippen molar-refractivity contribution in [3.05, 3.63) is 51.5 Å². The minimum Gasteiger partial charge on any atom is -0.373 e. The standard InChI is InChI=1S/C18H22N2O2S/c1-2-14-12-20-18(23-14)7-9-19-17(21)11-16-15-6-4-3-5-13(15)8-10-22-16/h3-6,12,16H,2,7-11H2,1H3,(H,19,21)/t16-/m1/s1. The lowest BCUT2D eigenvalue weighted by molar-refractivity contribution is -0.124. The van der Waals surface area contributed by atoms with Crippen molar-refractivity contribution in [3.8, 4) is 0 Å². The Bertz CT molecular complexity index is 669. The highest BCUT2D eigenvalue weighted by Gasteiger charge is 2.22. The number of benzene rings is 1. The van der Waals surface area contributed by atoms with E-state index in [0.717, 1.165) is 29.8 Å². The van der Waals surface area contributed by atoms with E-state index in [2.05, 4.69) is 29.4 Å². The average molecular weight is 330 g/mol. The number of thiazole rings is 1. The summed E-state index contributed by atoms with van der Waals surface area (Å²) in [5.74, 6) is 0.0407. The summed E-state index contributed by atoms with van der Waals surface area (Å²) in [7, 11) is 0. The highest BCUT2D eigenvalue weighted by molar-refractivity contribution is 7.11. The molecule has 1 aromatic heterocycles. The summed E-state index contributed by atoms with van der Waals surface area (Å²) in [5, 5.41) is 4.07. The molecule has 1 aromatic carbocycles. The number of nitrogens with one attached hydrogen (secondary N) is 1. The van der Waals surface area contributed by atoms with Crippen LogP contribution in [0.1, 0.15) is 40.5 Å². The highest BCUT2D eigenvalue weighted by Crippen LogP contribution is 2.29.